The molecule has 22 heteroatoms. The monoisotopic (exact) mass is 680 g/mol. The average molecular weight is 681 g/mol. The van der Waals surface area contributed by atoms with Gasteiger partial charge in [0, 0.05) is 35.9 Å². The van der Waals surface area contributed by atoms with Gasteiger partial charge in [-0.2, -0.15) is 9.36 Å². The number of β-lactam (4-membered cyclic amide) rings is 1. The topological polar surface area (TPSA) is 311 Å². The zero-order valence-electron chi connectivity index (χ0n) is 25.0. The van der Waals surface area contributed by atoms with E-state index in [0.717, 1.165) is 16.4 Å². The van der Waals surface area contributed by atoms with Crippen LogP contribution in [-0.4, -0.2) is 105 Å². The Labute approximate surface area is 269 Å². The molecule has 2 amide bonds. The van der Waals surface area contributed by atoms with E-state index >= 15 is 0 Å². The lowest BCUT2D eigenvalue weighted by atomic mass is 10.0. The quantitative estimate of drug-likeness (QED) is 0.0344. The molecule has 0 unspecified atom stereocenters. The van der Waals surface area contributed by atoms with E-state index in [1.165, 1.54) is 25.6 Å². The number of hydrogen-bond donors (Lipinski definition) is 8. The van der Waals surface area contributed by atoms with Gasteiger partial charge in [-0.1, -0.05) is 5.16 Å². The van der Waals surface area contributed by atoms with Crippen LogP contribution in [0.15, 0.2) is 22.6 Å². The Morgan fingerprint density at radius 3 is 2.59 bits per heavy atom. The number of hydrogen-bond acceptors (Lipinski definition) is 14. The highest BCUT2D eigenvalue weighted by atomic mass is 32.2. The molecule has 0 aliphatic carbocycles. The largest absolute Gasteiger partial charge is 0.478 e. The van der Waals surface area contributed by atoms with Crippen LogP contribution < -0.4 is 32.9 Å². The second-order valence-corrected chi connectivity index (χ2v) is 12.6. The Balaban J connectivity index is 1.55. The first-order valence-corrected chi connectivity index (χ1v) is 15.3. The summed E-state index contributed by atoms with van der Waals surface area (Å²) in [7, 11) is 1.69. The molecule has 20 nitrogen and oxygen atoms in total. The number of carbonyl (C=O) groups excluding carboxylic acids is 2. The molecule has 2 aliphatic rings. The molecule has 2 atom stereocenters. The summed E-state index contributed by atoms with van der Waals surface area (Å²) in [5, 5.41) is 32.7. The summed E-state index contributed by atoms with van der Waals surface area (Å²) in [6.45, 7) is 3.31. The minimum atomic E-state index is -1.81. The normalized spacial score (nSPS) is 18.1. The molecular formula is C24H34N13O7S2+. The van der Waals surface area contributed by atoms with Gasteiger partial charge in [-0.3, -0.25) is 19.9 Å². The number of rotatable bonds is 13. The van der Waals surface area contributed by atoms with E-state index in [2.05, 4.69) is 19.8 Å². The number of anilines is 2. The Morgan fingerprint density at radius 1 is 1.33 bits per heavy atom. The molecule has 46 heavy (non-hydrogen) atoms. The number of nitrogens with one attached hydrogen (secondary N) is 2. The molecule has 1 fully saturated rings. The SMILES string of the molecule is Cn1c(N)c(CN(CCN)C(=N)N)c[n+]1CC1=C(C(=O)O)N2C(=O)[C@@H](NC(=O)/C(=N\OC(C)(C)C(=O)O)c3nsc(N)n3)[C@H]2SC1. The number of oxime groups is 1. The number of carboxylic acid groups (broad SMARTS) is 2. The van der Waals surface area contributed by atoms with Gasteiger partial charge in [0.2, 0.25) is 23.3 Å². The van der Waals surface area contributed by atoms with Gasteiger partial charge in [0.05, 0.1) is 19.2 Å². The Kier molecular flexibility index (Phi) is 9.72. The first kappa shape index (κ1) is 33.9. The smallest absolute Gasteiger partial charge is 0.352 e. The summed E-state index contributed by atoms with van der Waals surface area (Å²) in [5.74, 6) is -4.19. The highest BCUT2D eigenvalue weighted by Crippen LogP contribution is 2.40. The molecule has 0 aromatic carbocycles. The first-order chi connectivity index (χ1) is 21.6. The molecule has 2 aliphatic heterocycles. The van der Waals surface area contributed by atoms with Crippen molar-refractivity contribution in [2.24, 2.45) is 23.7 Å². The third kappa shape index (κ3) is 6.67. The zero-order chi connectivity index (χ0) is 34.1. The van der Waals surface area contributed by atoms with Crippen molar-refractivity contribution >= 4 is 69.7 Å². The zero-order valence-corrected chi connectivity index (χ0v) is 26.6. The number of aliphatic carboxylic acids is 2. The number of aromatic nitrogens is 4. The Morgan fingerprint density at radius 2 is 2.02 bits per heavy atom. The summed E-state index contributed by atoms with van der Waals surface area (Å²) in [5.41, 5.74) is 21.7. The van der Waals surface area contributed by atoms with E-state index in [0.29, 0.717) is 23.5 Å². The van der Waals surface area contributed by atoms with Gasteiger partial charge >= 0.3 is 11.9 Å². The van der Waals surface area contributed by atoms with E-state index in [9.17, 15) is 29.4 Å². The van der Waals surface area contributed by atoms with Crippen molar-refractivity contribution in [2.45, 2.75) is 44.0 Å². The molecule has 1 saturated heterocycles. The average Bonchev–Trinajstić information content (AvgIpc) is 3.53. The van der Waals surface area contributed by atoms with Crippen molar-refractivity contribution in [3.8, 4) is 0 Å². The lowest BCUT2D eigenvalue weighted by molar-refractivity contribution is -0.765. The molecule has 4 heterocycles. The van der Waals surface area contributed by atoms with Crippen LogP contribution in [0.25, 0.3) is 0 Å². The van der Waals surface area contributed by atoms with Crippen LogP contribution in [0.4, 0.5) is 10.9 Å². The second-order valence-electron chi connectivity index (χ2n) is 10.7. The predicted octanol–water partition coefficient (Wildman–Crippen LogP) is -2.99. The van der Waals surface area contributed by atoms with Gasteiger partial charge < -0.3 is 48.2 Å². The fraction of sp³-hybridized carbons (Fsp3) is 0.458. The molecule has 2 aromatic heterocycles. The number of nitrogens with two attached hydrogens (primary N) is 4. The number of fused-ring (bicyclic) bond motifs is 1. The van der Waals surface area contributed by atoms with Crippen molar-refractivity contribution < 1.29 is 38.9 Å². The van der Waals surface area contributed by atoms with Crippen LogP contribution in [0, 0.1) is 5.41 Å². The van der Waals surface area contributed by atoms with Crippen molar-refractivity contribution in [2.75, 3.05) is 30.3 Å². The Hall–Kier alpha value is -4.96. The van der Waals surface area contributed by atoms with Crippen LogP contribution in [0.3, 0.4) is 0 Å². The van der Waals surface area contributed by atoms with Gasteiger partial charge in [0.1, 0.15) is 17.1 Å². The lowest BCUT2D eigenvalue weighted by Crippen LogP contribution is -2.71. The maximum absolute atomic E-state index is 13.3. The number of amides is 2. The van der Waals surface area contributed by atoms with Crippen molar-refractivity contribution in [3.63, 3.8) is 0 Å². The molecule has 0 spiro atoms. The molecule has 0 saturated carbocycles. The van der Waals surface area contributed by atoms with E-state index in [-0.39, 0.29) is 48.0 Å². The second kappa shape index (κ2) is 13.2. The van der Waals surface area contributed by atoms with Gasteiger partial charge in [-0.25, -0.2) is 9.59 Å². The molecule has 248 valence electrons. The summed E-state index contributed by atoms with van der Waals surface area (Å²) >= 11 is 2.00. The minimum absolute atomic E-state index is 0.00204. The minimum Gasteiger partial charge on any atom is -0.478 e. The van der Waals surface area contributed by atoms with Crippen LogP contribution in [0.2, 0.25) is 0 Å². The van der Waals surface area contributed by atoms with E-state index < -0.39 is 46.5 Å². The summed E-state index contributed by atoms with van der Waals surface area (Å²) in [6.07, 6.45) is 1.71. The molecule has 4 rings (SSSR count). The summed E-state index contributed by atoms with van der Waals surface area (Å²) in [4.78, 5) is 62.1. The molecule has 12 N–H and O–H groups in total. The third-order valence-corrected chi connectivity index (χ3v) is 8.99. The van der Waals surface area contributed by atoms with Gasteiger partial charge in [-0.15, -0.1) is 21.1 Å². The third-order valence-electron chi connectivity index (χ3n) is 7.11. The fourth-order valence-electron chi connectivity index (χ4n) is 4.52. The van der Waals surface area contributed by atoms with Crippen molar-refractivity contribution in [1.29, 1.82) is 5.41 Å². The fourth-order valence-corrected chi connectivity index (χ4v) is 6.29. The number of carbonyl (C=O) groups is 4. The lowest BCUT2D eigenvalue weighted by Gasteiger charge is -2.49. The summed E-state index contributed by atoms with van der Waals surface area (Å²) < 4.78 is 7.23. The standard InChI is InChI=1S/C24H33N13O7S2/c1-24(2,21(42)43)44-32-12(16-31-23(29)46-33-16)17(38)30-13-18(39)37-14(20(40)41)11(9-45-19(13)37)8-36-7-10(15(26)34(36)3)6-35(5-4-25)22(27)28/h7,13,19,26H,4-6,8-9,25H2,1-3H3,(H8,27,28,29,30,31,33,38,40,41,42,43)/p+1/b32-12-/t13-,19-/m1/s1. The highest BCUT2D eigenvalue weighted by molar-refractivity contribution is 8.00. The molecular weight excluding hydrogens is 646 g/mol. The summed E-state index contributed by atoms with van der Waals surface area (Å²) in [6, 6.07) is -1.15. The van der Waals surface area contributed by atoms with Crippen LogP contribution in [0.1, 0.15) is 25.2 Å². The Bertz CT molecular complexity index is 1650. The van der Waals surface area contributed by atoms with Crippen molar-refractivity contribution in [3.05, 3.63) is 28.9 Å². The number of thioether (sulfide) groups is 1. The van der Waals surface area contributed by atoms with Crippen molar-refractivity contribution in [1.82, 2.24) is 29.2 Å². The number of nitrogen functional groups attached to an aromatic ring is 2. The number of guanidine groups is 1. The van der Waals surface area contributed by atoms with E-state index in [1.54, 1.807) is 27.5 Å². The molecule has 0 radical (unpaired) electrons. The molecule has 2 aromatic rings. The van der Waals surface area contributed by atoms with Gasteiger partial charge in [-0.05, 0) is 13.8 Å². The maximum atomic E-state index is 13.3. The maximum Gasteiger partial charge on any atom is 0.352 e. The van der Waals surface area contributed by atoms with Crippen LogP contribution >= 0.6 is 23.3 Å². The number of nitrogens with zero attached hydrogens (tertiary/aromatic N) is 7. The van der Waals surface area contributed by atoms with Gasteiger partial charge in [0.15, 0.2) is 23.5 Å². The van der Waals surface area contributed by atoms with E-state index in [4.69, 9.17) is 33.2 Å². The first-order valence-electron chi connectivity index (χ1n) is 13.5. The number of carboxylic acids is 2. The van der Waals surface area contributed by atoms with Gasteiger partial charge in [0.25, 0.3) is 11.8 Å². The van der Waals surface area contributed by atoms with Crippen LogP contribution in [0.5, 0.6) is 0 Å². The molecule has 0 bridgehead atoms. The highest BCUT2D eigenvalue weighted by Gasteiger charge is 2.55. The predicted molar refractivity (Wildman–Crippen MR) is 165 cm³/mol. The van der Waals surface area contributed by atoms with E-state index in [1.807, 2.05) is 0 Å². The van der Waals surface area contributed by atoms with Crippen LogP contribution in [-0.2, 0) is 44.2 Å².